The normalized spacial score (nSPS) is 14.8. The minimum absolute atomic E-state index is 0.217. The number of aromatic nitrogens is 1. The van der Waals surface area contributed by atoms with Gasteiger partial charge in [0.2, 0.25) is 0 Å². The fourth-order valence-corrected chi connectivity index (χ4v) is 4.41. The number of hydrogen-bond donors (Lipinski definition) is 2. The Balaban J connectivity index is 1.42. The highest BCUT2D eigenvalue weighted by Gasteiger charge is 2.25. The van der Waals surface area contributed by atoms with Crippen LogP contribution in [0.1, 0.15) is 16.7 Å². The second kappa shape index (κ2) is 8.32. The monoisotopic (exact) mass is 438 g/mol. The Morgan fingerprint density at radius 3 is 2.22 bits per heavy atom. The Bertz CT molecular complexity index is 1440. The third kappa shape index (κ3) is 4.13. The van der Waals surface area contributed by atoms with E-state index in [9.17, 15) is 14.4 Å². The molecule has 4 aromatic rings. The largest absolute Gasteiger partial charge is 0.321 e. The van der Waals surface area contributed by atoms with Crippen LogP contribution in [-0.2, 0) is 11.2 Å². The molecule has 0 saturated carbocycles. The van der Waals surface area contributed by atoms with Crippen molar-refractivity contribution in [1.82, 2.24) is 10.3 Å². The second-order valence-corrected chi connectivity index (χ2v) is 8.58. The molecule has 0 bridgehead atoms. The van der Waals surface area contributed by atoms with Gasteiger partial charge in [0.05, 0.1) is 4.91 Å². The average Bonchev–Trinajstić information content (AvgIpc) is 3.12. The van der Waals surface area contributed by atoms with Gasteiger partial charge in [-0.1, -0.05) is 60.7 Å². The topological polar surface area (TPSA) is 79.0 Å². The Morgan fingerprint density at radius 1 is 0.781 bits per heavy atom. The quantitative estimate of drug-likeness (QED) is 0.434. The molecule has 1 fully saturated rings. The Morgan fingerprint density at radius 2 is 1.50 bits per heavy atom. The molecular weight excluding hydrogens is 420 g/mol. The van der Waals surface area contributed by atoms with E-state index in [0.29, 0.717) is 5.56 Å². The molecule has 1 aliphatic rings. The lowest BCUT2D eigenvalue weighted by molar-refractivity contribution is -0.115. The third-order valence-corrected chi connectivity index (χ3v) is 6.15. The second-order valence-electron chi connectivity index (χ2n) is 7.57. The van der Waals surface area contributed by atoms with Crippen molar-refractivity contribution in [2.45, 2.75) is 6.42 Å². The molecule has 5 nitrogen and oxygen atoms in total. The number of aromatic amines is 1. The Labute approximate surface area is 188 Å². The van der Waals surface area contributed by atoms with Crippen LogP contribution in [0.15, 0.2) is 88.6 Å². The molecule has 2 heterocycles. The first-order valence-corrected chi connectivity index (χ1v) is 10.9. The maximum atomic E-state index is 12.4. The molecule has 32 heavy (non-hydrogen) atoms. The molecule has 0 spiro atoms. The molecule has 3 aromatic carbocycles. The van der Waals surface area contributed by atoms with Crippen LogP contribution >= 0.6 is 11.8 Å². The summed E-state index contributed by atoms with van der Waals surface area (Å²) in [5.41, 5.74) is 5.42. The van der Waals surface area contributed by atoms with Crippen LogP contribution in [0, 0.1) is 0 Å². The van der Waals surface area contributed by atoms with E-state index in [1.165, 1.54) is 22.8 Å². The first-order chi connectivity index (χ1) is 15.5. The molecule has 2 N–H and O–H groups in total. The summed E-state index contributed by atoms with van der Waals surface area (Å²) < 4.78 is 0. The number of amides is 2. The van der Waals surface area contributed by atoms with Gasteiger partial charge in [-0.3, -0.25) is 19.7 Å². The van der Waals surface area contributed by atoms with Crippen LogP contribution in [-0.4, -0.2) is 16.1 Å². The molecule has 0 radical (unpaired) electrons. The van der Waals surface area contributed by atoms with Gasteiger partial charge in [-0.15, -0.1) is 0 Å². The predicted octanol–water partition coefficient (Wildman–Crippen LogP) is 5.11. The standard InChI is InChI=1S/C26H18N2O3S/c29-24-21(15-23-25(30)28-26(31)32-23)14-20-13-17(8-11-22(20)27-24)12-16-6-9-19(10-7-16)18-4-2-1-3-5-18/h1-11,13-15H,12H2,(H,27,29)(H,28,30,31). The molecule has 6 heteroatoms. The Hall–Kier alpha value is -3.90. The van der Waals surface area contributed by atoms with Gasteiger partial charge in [0, 0.05) is 11.1 Å². The predicted molar refractivity (Wildman–Crippen MR) is 128 cm³/mol. The van der Waals surface area contributed by atoms with Crippen molar-refractivity contribution in [3.8, 4) is 11.1 Å². The van der Waals surface area contributed by atoms with Gasteiger partial charge in [0.15, 0.2) is 0 Å². The van der Waals surface area contributed by atoms with Gasteiger partial charge in [-0.25, -0.2) is 0 Å². The van der Waals surface area contributed by atoms with Gasteiger partial charge in [-0.05, 0) is 70.1 Å². The number of nitrogens with one attached hydrogen (secondary N) is 2. The summed E-state index contributed by atoms with van der Waals surface area (Å²) >= 11 is 0.796. The summed E-state index contributed by atoms with van der Waals surface area (Å²) in [7, 11) is 0. The molecule has 2 amide bonds. The first-order valence-electron chi connectivity index (χ1n) is 10.1. The van der Waals surface area contributed by atoms with Crippen LogP contribution in [0.3, 0.4) is 0 Å². The summed E-state index contributed by atoms with van der Waals surface area (Å²) in [6.45, 7) is 0. The summed E-state index contributed by atoms with van der Waals surface area (Å²) in [6, 6.07) is 26.4. The van der Waals surface area contributed by atoms with Crippen LogP contribution in [0.4, 0.5) is 4.79 Å². The number of thioether (sulfide) groups is 1. The first kappa shape index (κ1) is 20.0. The van der Waals surface area contributed by atoms with Crippen LogP contribution in [0.2, 0.25) is 0 Å². The number of fused-ring (bicyclic) bond motifs is 1. The lowest BCUT2D eigenvalue weighted by Gasteiger charge is -2.07. The van der Waals surface area contributed by atoms with Crippen LogP contribution in [0.5, 0.6) is 0 Å². The number of H-pyrrole nitrogens is 1. The highest BCUT2D eigenvalue weighted by atomic mass is 32.2. The molecule has 0 unspecified atom stereocenters. The number of pyridine rings is 1. The molecule has 0 atom stereocenters. The molecule has 156 valence electrons. The van der Waals surface area contributed by atoms with Crippen molar-refractivity contribution < 1.29 is 9.59 Å². The van der Waals surface area contributed by atoms with E-state index in [1.54, 1.807) is 6.07 Å². The van der Waals surface area contributed by atoms with Crippen LogP contribution < -0.4 is 10.9 Å². The zero-order chi connectivity index (χ0) is 22.1. The van der Waals surface area contributed by atoms with Gasteiger partial charge < -0.3 is 4.98 Å². The number of benzene rings is 3. The van der Waals surface area contributed by atoms with Gasteiger partial charge >= 0.3 is 0 Å². The summed E-state index contributed by atoms with van der Waals surface area (Å²) in [5, 5.41) is 2.63. The third-order valence-electron chi connectivity index (χ3n) is 5.34. The number of hydrogen-bond acceptors (Lipinski definition) is 4. The minimum atomic E-state index is -0.479. The minimum Gasteiger partial charge on any atom is -0.321 e. The summed E-state index contributed by atoms with van der Waals surface area (Å²) in [6.07, 6.45) is 2.21. The molecular formula is C26H18N2O3S. The van der Waals surface area contributed by atoms with Gasteiger partial charge in [-0.2, -0.15) is 0 Å². The number of imide groups is 1. The molecule has 0 aliphatic carbocycles. The van der Waals surface area contributed by atoms with Gasteiger partial charge in [0.1, 0.15) is 0 Å². The summed E-state index contributed by atoms with van der Waals surface area (Å²) in [4.78, 5) is 38.7. The van der Waals surface area contributed by atoms with E-state index >= 15 is 0 Å². The van der Waals surface area contributed by atoms with E-state index in [4.69, 9.17) is 0 Å². The highest BCUT2D eigenvalue weighted by molar-refractivity contribution is 8.18. The number of rotatable bonds is 4. The SMILES string of the molecule is O=C1NC(=O)C(=Cc2cc3cc(Cc4ccc(-c5ccccc5)cc4)ccc3[nH]c2=O)S1. The van der Waals surface area contributed by atoms with E-state index in [0.717, 1.165) is 34.6 Å². The van der Waals surface area contributed by atoms with Crippen molar-refractivity contribution in [2.24, 2.45) is 0 Å². The molecule has 1 saturated heterocycles. The van der Waals surface area contributed by atoms with E-state index in [-0.39, 0.29) is 10.5 Å². The molecule has 1 aromatic heterocycles. The molecule has 5 rings (SSSR count). The van der Waals surface area contributed by atoms with Crippen molar-refractivity contribution in [2.75, 3.05) is 0 Å². The van der Waals surface area contributed by atoms with Crippen LogP contribution in [0.25, 0.3) is 28.1 Å². The van der Waals surface area contributed by atoms with Crippen molar-refractivity contribution in [1.29, 1.82) is 0 Å². The van der Waals surface area contributed by atoms with Crippen molar-refractivity contribution in [3.63, 3.8) is 0 Å². The average molecular weight is 439 g/mol. The maximum Gasteiger partial charge on any atom is 0.290 e. The smallest absolute Gasteiger partial charge is 0.290 e. The zero-order valence-corrected chi connectivity index (χ0v) is 17.7. The number of carbonyl (C=O) groups is 2. The number of carbonyl (C=O) groups excluding carboxylic acids is 2. The van der Waals surface area contributed by atoms with E-state index in [2.05, 4.69) is 46.7 Å². The zero-order valence-electron chi connectivity index (χ0n) is 16.9. The van der Waals surface area contributed by atoms with Gasteiger partial charge in [0.25, 0.3) is 16.7 Å². The van der Waals surface area contributed by atoms with E-state index in [1.807, 2.05) is 36.4 Å². The molecule has 1 aliphatic heterocycles. The lowest BCUT2D eigenvalue weighted by Crippen LogP contribution is -2.18. The maximum absolute atomic E-state index is 12.4. The summed E-state index contributed by atoms with van der Waals surface area (Å²) in [5.74, 6) is -0.479. The fraction of sp³-hybridized carbons (Fsp3) is 0.0385. The van der Waals surface area contributed by atoms with Crippen molar-refractivity contribution in [3.05, 3.63) is 111 Å². The lowest BCUT2D eigenvalue weighted by atomic mass is 9.99. The fourth-order valence-electron chi connectivity index (χ4n) is 3.73. The highest BCUT2D eigenvalue weighted by Crippen LogP contribution is 2.26. The Kier molecular flexibility index (Phi) is 5.21. The van der Waals surface area contributed by atoms with Crippen molar-refractivity contribution >= 4 is 39.9 Å². The van der Waals surface area contributed by atoms with E-state index < -0.39 is 11.1 Å².